The lowest BCUT2D eigenvalue weighted by atomic mass is 10.1. The molecule has 4 fully saturated rings. The third-order valence-electron chi connectivity index (χ3n) is 7.44. The third kappa shape index (κ3) is 3.18. The first kappa shape index (κ1) is 20.0. The molecule has 2 amide bonds. The summed E-state index contributed by atoms with van der Waals surface area (Å²) in [5, 5.41) is 10.4. The third-order valence-corrected chi connectivity index (χ3v) is 7.44. The summed E-state index contributed by atoms with van der Waals surface area (Å²) in [4.78, 5) is 32.7. The van der Waals surface area contributed by atoms with Gasteiger partial charge in [-0.2, -0.15) is 13.2 Å². The molecule has 0 radical (unpaired) electrons. The number of aliphatic hydroxyl groups excluding tert-OH is 1. The van der Waals surface area contributed by atoms with Crippen molar-refractivity contribution < 1.29 is 27.9 Å². The number of rotatable bonds is 3. The molecule has 0 spiro atoms. The SMILES string of the molecule is O=C(c1cn2cc(C3CC3)cc(C(F)(F)F)c2n1)N1CCN(C2CC3CC3C2O)C(=O)C1. The van der Waals surface area contributed by atoms with Crippen LogP contribution < -0.4 is 0 Å². The minimum atomic E-state index is -4.58. The number of imidazole rings is 1. The second-order valence-corrected chi connectivity index (χ2v) is 9.58. The van der Waals surface area contributed by atoms with E-state index in [1.54, 1.807) is 11.1 Å². The number of carbonyl (C=O) groups excluding carboxylic acids is 2. The van der Waals surface area contributed by atoms with E-state index in [2.05, 4.69) is 4.98 Å². The Hall–Kier alpha value is -2.62. The minimum absolute atomic E-state index is 0.105. The molecule has 1 aliphatic heterocycles. The molecule has 4 atom stereocenters. The lowest BCUT2D eigenvalue weighted by molar-refractivity contribution is -0.140. The van der Waals surface area contributed by atoms with Crippen LogP contribution in [-0.4, -0.2) is 67.9 Å². The molecule has 1 N–H and O–H groups in total. The largest absolute Gasteiger partial charge is 0.419 e. The van der Waals surface area contributed by atoms with Gasteiger partial charge in [0.2, 0.25) is 5.91 Å². The molecule has 3 saturated carbocycles. The van der Waals surface area contributed by atoms with Crippen molar-refractivity contribution in [2.24, 2.45) is 11.8 Å². The molecule has 3 heterocycles. The van der Waals surface area contributed by atoms with Gasteiger partial charge in [0.25, 0.3) is 5.91 Å². The normalized spacial score (nSPS) is 30.2. The van der Waals surface area contributed by atoms with Gasteiger partial charge >= 0.3 is 6.18 Å². The summed E-state index contributed by atoms with van der Waals surface area (Å²) in [5.41, 5.74) is -0.663. The van der Waals surface area contributed by atoms with E-state index in [0.29, 0.717) is 18.0 Å². The zero-order valence-electron chi connectivity index (χ0n) is 17.3. The summed E-state index contributed by atoms with van der Waals surface area (Å²) in [5.74, 6) is 0.0886. The van der Waals surface area contributed by atoms with Crippen LogP contribution in [0.5, 0.6) is 0 Å². The van der Waals surface area contributed by atoms with Crippen LogP contribution in [0, 0.1) is 11.8 Å². The van der Waals surface area contributed by atoms with E-state index in [4.69, 9.17) is 0 Å². The quantitative estimate of drug-likeness (QED) is 0.782. The van der Waals surface area contributed by atoms with Crippen LogP contribution >= 0.6 is 0 Å². The van der Waals surface area contributed by atoms with E-state index < -0.39 is 23.8 Å². The molecule has 3 aliphatic carbocycles. The Balaban J connectivity index is 1.24. The van der Waals surface area contributed by atoms with Crippen molar-refractivity contribution in [3.8, 4) is 0 Å². The van der Waals surface area contributed by atoms with Gasteiger partial charge in [-0.05, 0) is 55.1 Å². The lowest BCUT2D eigenvalue weighted by Gasteiger charge is -2.39. The maximum absolute atomic E-state index is 13.6. The van der Waals surface area contributed by atoms with Crippen molar-refractivity contribution in [3.63, 3.8) is 0 Å². The molecule has 0 bridgehead atoms. The van der Waals surface area contributed by atoms with Crippen molar-refractivity contribution in [2.45, 2.75) is 49.9 Å². The molecule has 4 aliphatic rings. The van der Waals surface area contributed by atoms with E-state index in [1.165, 1.54) is 15.5 Å². The first-order valence-corrected chi connectivity index (χ1v) is 11.1. The second-order valence-electron chi connectivity index (χ2n) is 9.58. The summed E-state index contributed by atoms with van der Waals surface area (Å²) in [6.45, 7) is 0.403. The van der Waals surface area contributed by atoms with Crippen molar-refractivity contribution >= 4 is 17.5 Å². The summed E-state index contributed by atoms with van der Waals surface area (Å²) in [7, 11) is 0. The molecule has 2 aromatic rings. The number of halogens is 3. The Labute approximate surface area is 181 Å². The molecule has 0 aromatic carbocycles. The van der Waals surface area contributed by atoms with Crippen LogP contribution in [0.15, 0.2) is 18.5 Å². The maximum Gasteiger partial charge on any atom is 0.419 e. The monoisotopic (exact) mass is 448 g/mol. The molecule has 1 saturated heterocycles. The number of pyridine rings is 1. The number of hydrogen-bond acceptors (Lipinski definition) is 4. The van der Waals surface area contributed by atoms with Gasteiger partial charge in [-0.15, -0.1) is 0 Å². The number of aromatic nitrogens is 2. The van der Waals surface area contributed by atoms with Gasteiger partial charge in [-0.3, -0.25) is 9.59 Å². The molecule has 10 heteroatoms. The van der Waals surface area contributed by atoms with Crippen molar-refractivity contribution in [2.75, 3.05) is 19.6 Å². The maximum atomic E-state index is 13.6. The zero-order chi connectivity index (χ0) is 22.4. The van der Waals surface area contributed by atoms with Gasteiger partial charge in [-0.25, -0.2) is 4.98 Å². The highest BCUT2D eigenvalue weighted by molar-refractivity contribution is 5.96. The van der Waals surface area contributed by atoms with Crippen molar-refractivity contribution in [1.82, 2.24) is 19.2 Å². The molecule has 7 nitrogen and oxygen atoms in total. The first-order chi connectivity index (χ1) is 15.2. The van der Waals surface area contributed by atoms with Crippen LogP contribution in [0.3, 0.4) is 0 Å². The summed E-state index contributed by atoms with van der Waals surface area (Å²) < 4.78 is 42.2. The van der Waals surface area contributed by atoms with Crippen LogP contribution in [-0.2, 0) is 11.0 Å². The number of carbonyl (C=O) groups is 2. The Bertz CT molecular complexity index is 1130. The number of aliphatic hydroxyl groups is 1. The van der Waals surface area contributed by atoms with Crippen LogP contribution in [0.2, 0.25) is 0 Å². The molecule has 32 heavy (non-hydrogen) atoms. The number of alkyl halides is 3. The first-order valence-electron chi connectivity index (χ1n) is 11.1. The number of nitrogens with zero attached hydrogens (tertiary/aromatic N) is 4. The highest BCUT2D eigenvalue weighted by atomic mass is 19.4. The number of piperazine rings is 1. The van der Waals surface area contributed by atoms with Gasteiger partial charge in [0.15, 0.2) is 0 Å². The molecule has 6 rings (SSSR count). The molecule has 170 valence electrons. The van der Waals surface area contributed by atoms with Gasteiger partial charge < -0.3 is 19.3 Å². The number of fused-ring (bicyclic) bond motifs is 2. The lowest BCUT2D eigenvalue weighted by Crippen LogP contribution is -2.57. The van der Waals surface area contributed by atoms with E-state index in [1.807, 2.05) is 0 Å². The van der Waals surface area contributed by atoms with E-state index >= 15 is 0 Å². The van der Waals surface area contributed by atoms with Gasteiger partial charge in [0, 0.05) is 25.5 Å². The molecule has 2 aromatic heterocycles. The average molecular weight is 448 g/mol. The van der Waals surface area contributed by atoms with E-state index in [0.717, 1.165) is 31.7 Å². The Morgan fingerprint density at radius 1 is 1.16 bits per heavy atom. The molecular formula is C22H23F3N4O3. The predicted molar refractivity (Wildman–Crippen MR) is 106 cm³/mol. The van der Waals surface area contributed by atoms with Crippen molar-refractivity contribution in [3.05, 3.63) is 35.3 Å². The Kier molecular flexibility index (Phi) is 4.19. The zero-order valence-corrected chi connectivity index (χ0v) is 17.3. The fourth-order valence-corrected chi connectivity index (χ4v) is 5.45. The summed E-state index contributed by atoms with van der Waals surface area (Å²) >= 11 is 0. The average Bonchev–Trinajstić information content (AvgIpc) is 3.66. The molecule has 4 unspecified atom stereocenters. The Morgan fingerprint density at radius 2 is 1.94 bits per heavy atom. The van der Waals surface area contributed by atoms with Crippen LogP contribution in [0.25, 0.3) is 5.65 Å². The summed E-state index contributed by atoms with van der Waals surface area (Å²) in [6, 6.07) is 0.933. The van der Waals surface area contributed by atoms with E-state index in [9.17, 15) is 27.9 Å². The number of hydrogen-bond donors (Lipinski definition) is 1. The fourth-order valence-electron chi connectivity index (χ4n) is 5.45. The highest BCUT2D eigenvalue weighted by Gasteiger charge is 2.55. The van der Waals surface area contributed by atoms with Crippen LogP contribution in [0.4, 0.5) is 13.2 Å². The smallest absolute Gasteiger partial charge is 0.391 e. The fraction of sp³-hybridized carbons (Fsp3) is 0.591. The standard InChI is InChI=1S/C22H23F3N4O3/c23-22(24,25)15-6-13(11-1-2-11)8-28-9-16(26-20(15)28)21(32)27-3-4-29(18(30)10-27)17-7-12-5-14(12)19(17)31/h6,8-9,11-12,14,17,19,31H,1-5,7,10H2. The topological polar surface area (TPSA) is 78.2 Å². The Morgan fingerprint density at radius 3 is 2.56 bits per heavy atom. The predicted octanol–water partition coefficient (Wildman–Crippen LogP) is 2.28. The number of amides is 2. The van der Waals surface area contributed by atoms with Gasteiger partial charge in [0.1, 0.15) is 17.9 Å². The molecular weight excluding hydrogens is 425 g/mol. The van der Waals surface area contributed by atoms with Crippen LogP contribution in [0.1, 0.15) is 53.2 Å². The van der Waals surface area contributed by atoms with Gasteiger partial charge in [0.05, 0.1) is 17.7 Å². The highest BCUT2D eigenvalue weighted by Crippen LogP contribution is 2.53. The van der Waals surface area contributed by atoms with Crippen molar-refractivity contribution in [1.29, 1.82) is 0 Å². The van der Waals surface area contributed by atoms with Gasteiger partial charge in [-0.1, -0.05) is 0 Å². The van der Waals surface area contributed by atoms with E-state index in [-0.39, 0.29) is 48.2 Å². The second kappa shape index (κ2) is 6.69. The summed E-state index contributed by atoms with van der Waals surface area (Å²) in [6.07, 6.45) is 1.36. The minimum Gasteiger partial charge on any atom is -0.391 e.